The number of imidazole rings is 1. The van der Waals surface area contributed by atoms with Gasteiger partial charge in [-0.15, -0.1) is 0 Å². The van der Waals surface area contributed by atoms with Crippen LogP contribution in [-0.2, 0) is 20.1 Å². The van der Waals surface area contributed by atoms with Gasteiger partial charge in [0.25, 0.3) is 0 Å². The van der Waals surface area contributed by atoms with Crippen molar-refractivity contribution >= 4 is 27.8 Å². The summed E-state index contributed by atoms with van der Waals surface area (Å²) < 4.78 is 3.39. The van der Waals surface area contributed by atoms with Crippen LogP contribution >= 0.6 is 0 Å². The van der Waals surface area contributed by atoms with Crippen LogP contribution in [0.15, 0.2) is 77.9 Å². The smallest absolute Gasteiger partial charge is 0.329 e. The van der Waals surface area contributed by atoms with Crippen molar-refractivity contribution in [1.82, 2.24) is 24.1 Å². The van der Waals surface area contributed by atoms with E-state index in [1.165, 1.54) is 0 Å². The molecule has 0 saturated heterocycles. The lowest BCUT2D eigenvalue weighted by Gasteiger charge is -2.20. The molecule has 7 heteroatoms. The van der Waals surface area contributed by atoms with E-state index in [0.29, 0.717) is 18.9 Å². The van der Waals surface area contributed by atoms with Crippen molar-refractivity contribution in [1.29, 1.82) is 0 Å². The molecular formula is C24H22N6O. The molecule has 0 aliphatic carbocycles. The predicted octanol–water partition coefficient (Wildman–Crippen LogP) is 3.36. The first-order valence-electron chi connectivity index (χ1n) is 10.1. The molecule has 154 valence electrons. The number of pyridine rings is 1. The Bertz CT molecular complexity index is 1440. The first-order valence-corrected chi connectivity index (χ1v) is 10.1. The zero-order valence-corrected chi connectivity index (χ0v) is 17.4. The molecule has 0 atom stereocenters. The first kappa shape index (κ1) is 19.0. The van der Waals surface area contributed by atoms with Crippen LogP contribution in [-0.4, -0.2) is 31.1 Å². The van der Waals surface area contributed by atoms with Crippen LogP contribution in [0.5, 0.6) is 0 Å². The van der Waals surface area contributed by atoms with E-state index in [1.54, 1.807) is 22.4 Å². The molecule has 3 heterocycles. The first-order chi connectivity index (χ1) is 15.1. The summed E-state index contributed by atoms with van der Waals surface area (Å²) in [5.41, 5.74) is 3.63. The van der Waals surface area contributed by atoms with Crippen LogP contribution < -0.4 is 10.6 Å². The number of benzene rings is 2. The molecule has 7 nitrogen and oxygen atoms in total. The van der Waals surface area contributed by atoms with E-state index < -0.39 is 0 Å². The Balaban J connectivity index is 1.60. The van der Waals surface area contributed by atoms with Gasteiger partial charge in [0.05, 0.1) is 23.1 Å². The molecule has 5 aromatic rings. The van der Waals surface area contributed by atoms with Crippen molar-refractivity contribution in [2.75, 3.05) is 11.9 Å². The third kappa shape index (κ3) is 3.44. The van der Waals surface area contributed by atoms with Gasteiger partial charge in [0, 0.05) is 38.4 Å². The van der Waals surface area contributed by atoms with Crippen LogP contribution in [0.4, 0.5) is 5.82 Å². The zero-order valence-electron chi connectivity index (χ0n) is 17.4. The Labute approximate surface area is 179 Å². The largest absolute Gasteiger partial charge is 0.355 e. The standard InChI is InChI=1S/C24H22N6O/c1-28(15-17-8-7-13-25-14-17)23-18-9-3-4-10-19(18)26-22(27-23)16-30-21-12-6-5-11-20(21)29(2)24(30)31/h3-14H,15-16H2,1-2H3. The maximum absolute atomic E-state index is 12.9. The van der Waals surface area contributed by atoms with E-state index in [2.05, 4.69) is 9.88 Å². The highest BCUT2D eigenvalue weighted by molar-refractivity contribution is 5.89. The minimum atomic E-state index is -0.0803. The Kier molecular flexibility index (Phi) is 4.71. The van der Waals surface area contributed by atoms with Crippen molar-refractivity contribution < 1.29 is 0 Å². The van der Waals surface area contributed by atoms with Gasteiger partial charge >= 0.3 is 5.69 Å². The van der Waals surface area contributed by atoms with Crippen LogP contribution in [0.3, 0.4) is 0 Å². The number of anilines is 1. The van der Waals surface area contributed by atoms with Gasteiger partial charge in [0.1, 0.15) is 5.82 Å². The summed E-state index contributed by atoms with van der Waals surface area (Å²) in [7, 11) is 3.80. The second-order valence-corrected chi connectivity index (χ2v) is 7.61. The van der Waals surface area contributed by atoms with E-state index >= 15 is 0 Å². The Morgan fingerprint density at radius 2 is 1.71 bits per heavy atom. The minimum Gasteiger partial charge on any atom is -0.355 e. The fourth-order valence-electron chi connectivity index (χ4n) is 3.97. The van der Waals surface area contributed by atoms with E-state index in [0.717, 1.165) is 33.3 Å². The number of fused-ring (bicyclic) bond motifs is 2. The summed E-state index contributed by atoms with van der Waals surface area (Å²) in [6.07, 6.45) is 3.63. The fraction of sp³-hybridized carbons (Fsp3) is 0.167. The second kappa shape index (κ2) is 7.68. The molecule has 0 unspecified atom stereocenters. The van der Waals surface area contributed by atoms with Gasteiger partial charge in [0.2, 0.25) is 0 Å². The highest BCUT2D eigenvalue weighted by Gasteiger charge is 2.15. The van der Waals surface area contributed by atoms with Gasteiger partial charge in [-0.2, -0.15) is 0 Å². The summed E-state index contributed by atoms with van der Waals surface area (Å²) in [6.45, 7) is 0.973. The molecule has 0 aliphatic heterocycles. The van der Waals surface area contributed by atoms with Crippen LogP contribution in [0.2, 0.25) is 0 Å². The Morgan fingerprint density at radius 3 is 2.52 bits per heavy atom. The monoisotopic (exact) mass is 410 g/mol. The van der Waals surface area contributed by atoms with E-state index in [9.17, 15) is 4.79 Å². The molecule has 0 bridgehead atoms. The molecule has 5 rings (SSSR count). The molecule has 0 fully saturated rings. The molecule has 0 radical (unpaired) electrons. The summed E-state index contributed by atoms with van der Waals surface area (Å²) in [5, 5.41) is 0.975. The lowest BCUT2D eigenvalue weighted by Crippen LogP contribution is -2.24. The van der Waals surface area contributed by atoms with E-state index in [1.807, 2.05) is 73.9 Å². The van der Waals surface area contributed by atoms with Crippen LogP contribution in [0, 0.1) is 0 Å². The average molecular weight is 410 g/mol. The maximum atomic E-state index is 12.9. The molecule has 0 aliphatic rings. The number of aromatic nitrogens is 5. The van der Waals surface area contributed by atoms with Crippen molar-refractivity contribution in [3.63, 3.8) is 0 Å². The predicted molar refractivity (Wildman–Crippen MR) is 122 cm³/mol. The number of aryl methyl sites for hydroxylation is 1. The van der Waals surface area contributed by atoms with Crippen LogP contribution in [0.25, 0.3) is 21.9 Å². The molecule has 0 spiro atoms. The summed E-state index contributed by atoms with van der Waals surface area (Å²) >= 11 is 0. The van der Waals surface area contributed by atoms with Crippen molar-refractivity contribution in [2.45, 2.75) is 13.1 Å². The van der Waals surface area contributed by atoms with Crippen molar-refractivity contribution in [2.24, 2.45) is 7.05 Å². The Morgan fingerprint density at radius 1 is 0.935 bits per heavy atom. The van der Waals surface area contributed by atoms with Gasteiger partial charge in [-0.05, 0) is 35.9 Å². The van der Waals surface area contributed by atoms with E-state index in [-0.39, 0.29) is 5.69 Å². The van der Waals surface area contributed by atoms with E-state index in [4.69, 9.17) is 9.97 Å². The van der Waals surface area contributed by atoms with Crippen molar-refractivity contribution in [3.05, 3.63) is 94.9 Å². The molecule has 3 aromatic heterocycles. The summed E-state index contributed by atoms with van der Waals surface area (Å²) in [4.78, 5) is 28.8. The van der Waals surface area contributed by atoms with Crippen LogP contribution in [0.1, 0.15) is 11.4 Å². The quantitative estimate of drug-likeness (QED) is 0.444. The lowest BCUT2D eigenvalue weighted by molar-refractivity contribution is 0.704. The summed E-state index contributed by atoms with van der Waals surface area (Å²) in [5.74, 6) is 1.43. The third-order valence-corrected chi connectivity index (χ3v) is 5.48. The number of para-hydroxylation sites is 3. The molecule has 0 amide bonds. The highest BCUT2D eigenvalue weighted by Crippen LogP contribution is 2.25. The topological polar surface area (TPSA) is 68.8 Å². The second-order valence-electron chi connectivity index (χ2n) is 7.61. The lowest BCUT2D eigenvalue weighted by atomic mass is 10.2. The SMILES string of the molecule is CN(Cc1cccnc1)c1nc(Cn2c(=O)n(C)c3ccccc32)nc2ccccc12. The third-order valence-electron chi connectivity index (χ3n) is 5.48. The maximum Gasteiger partial charge on any atom is 0.329 e. The molecular weight excluding hydrogens is 388 g/mol. The molecule has 0 saturated carbocycles. The number of rotatable bonds is 5. The summed E-state index contributed by atoms with van der Waals surface area (Å²) in [6, 6.07) is 19.7. The average Bonchev–Trinajstić information content (AvgIpc) is 3.04. The number of hydrogen-bond acceptors (Lipinski definition) is 5. The molecule has 31 heavy (non-hydrogen) atoms. The highest BCUT2D eigenvalue weighted by atomic mass is 16.1. The normalized spacial score (nSPS) is 11.3. The van der Waals surface area contributed by atoms with Gasteiger partial charge in [-0.25, -0.2) is 14.8 Å². The number of nitrogens with zero attached hydrogens (tertiary/aromatic N) is 6. The van der Waals surface area contributed by atoms with Gasteiger partial charge in [-0.1, -0.05) is 30.3 Å². The molecule has 2 aromatic carbocycles. The minimum absolute atomic E-state index is 0.0803. The van der Waals surface area contributed by atoms with Gasteiger partial charge < -0.3 is 4.90 Å². The number of hydrogen-bond donors (Lipinski definition) is 0. The molecule has 0 N–H and O–H groups in total. The fourth-order valence-corrected chi connectivity index (χ4v) is 3.97. The van der Waals surface area contributed by atoms with Gasteiger partial charge in [-0.3, -0.25) is 14.1 Å². The van der Waals surface area contributed by atoms with Gasteiger partial charge in [0.15, 0.2) is 5.82 Å². The zero-order chi connectivity index (χ0) is 21.4. The Hall–Kier alpha value is -4.00. The van der Waals surface area contributed by atoms with Crippen molar-refractivity contribution in [3.8, 4) is 0 Å².